The van der Waals surface area contributed by atoms with Gasteiger partial charge in [-0.2, -0.15) is 0 Å². The number of methoxy groups -OCH3 is 1. The van der Waals surface area contributed by atoms with Crippen molar-refractivity contribution in [1.82, 2.24) is 0 Å². The highest BCUT2D eigenvalue weighted by Gasteiger charge is 2.29. The van der Waals surface area contributed by atoms with E-state index in [9.17, 15) is 4.79 Å². The number of carbonyl (C=O) groups excluding carboxylic acids is 1. The van der Waals surface area contributed by atoms with Crippen LogP contribution in [-0.2, 0) is 9.53 Å². The number of esters is 1. The third-order valence-corrected chi connectivity index (χ3v) is 2.71. The predicted molar refractivity (Wildman–Crippen MR) is 67.5 cm³/mol. The van der Waals surface area contributed by atoms with Gasteiger partial charge in [-0.25, -0.2) is 0 Å². The lowest BCUT2D eigenvalue weighted by Gasteiger charge is -2.22. The lowest BCUT2D eigenvalue weighted by atomic mass is 9.95. The Morgan fingerprint density at radius 2 is 2.06 bits per heavy atom. The largest absolute Gasteiger partial charge is 0.492 e. The fourth-order valence-electron chi connectivity index (χ4n) is 1.32. The van der Waals surface area contributed by atoms with Crippen molar-refractivity contribution in [2.45, 2.75) is 20.8 Å². The monoisotopic (exact) mass is 256 g/mol. The van der Waals surface area contributed by atoms with E-state index in [2.05, 4.69) is 0 Å². The molecule has 4 heteroatoms. The van der Waals surface area contributed by atoms with Crippen molar-refractivity contribution in [2.24, 2.45) is 5.41 Å². The smallest absolute Gasteiger partial charge is 0.314 e. The molecule has 17 heavy (non-hydrogen) atoms. The first-order chi connectivity index (χ1) is 7.86. The van der Waals surface area contributed by atoms with Crippen LogP contribution >= 0.6 is 11.6 Å². The van der Waals surface area contributed by atoms with Gasteiger partial charge in [-0.05, 0) is 38.5 Å². The summed E-state index contributed by atoms with van der Waals surface area (Å²) < 4.78 is 10.3. The Balaban J connectivity index is 2.73. The molecule has 0 amide bonds. The topological polar surface area (TPSA) is 35.5 Å². The first kappa shape index (κ1) is 13.8. The average molecular weight is 257 g/mol. The second-order valence-electron chi connectivity index (χ2n) is 4.57. The second-order valence-corrected chi connectivity index (χ2v) is 5.01. The molecular weight excluding hydrogens is 240 g/mol. The summed E-state index contributed by atoms with van der Waals surface area (Å²) in [5, 5.41) is 0.612. The number of aryl methyl sites for hydroxylation is 1. The Morgan fingerprint density at radius 3 is 2.65 bits per heavy atom. The van der Waals surface area contributed by atoms with Crippen molar-refractivity contribution in [3.63, 3.8) is 0 Å². The molecular formula is C13H17ClO3. The second kappa shape index (κ2) is 5.41. The molecule has 3 nitrogen and oxygen atoms in total. The molecule has 0 unspecified atom stereocenters. The van der Waals surface area contributed by atoms with Gasteiger partial charge in [0.2, 0.25) is 0 Å². The number of benzene rings is 1. The number of carbonyl (C=O) groups is 1. The Morgan fingerprint density at radius 1 is 1.41 bits per heavy atom. The van der Waals surface area contributed by atoms with Crippen LogP contribution in [0, 0.1) is 12.3 Å². The molecule has 0 heterocycles. The van der Waals surface area contributed by atoms with Crippen molar-refractivity contribution in [1.29, 1.82) is 0 Å². The van der Waals surface area contributed by atoms with E-state index in [1.54, 1.807) is 26.0 Å². The number of hydrogen-bond acceptors (Lipinski definition) is 3. The van der Waals surface area contributed by atoms with Crippen molar-refractivity contribution in [3.05, 3.63) is 28.8 Å². The zero-order valence-electron chi connectivity index (χ0n) is 10.5. The lowest BCUT2D eigenvalue weighted by Crippen LogP contribution is -2.32. The van der Waals surface area contributed by atoms with Crippen molar-refractivity contribution < 1.29 is 14.3 Å². The first-order valence-electron chi connectivity index (χ1n) is 5.34. The van der Waals surface area contributed by atoms with Gasteiger partial charge in [0.25, 0.3) is 0 Å². The SMILES string of the molecule is COC(=O)C(C)(C)COc1cc(Cl)ccc1C. The van der Waals surface area contributed by atoms with Gasteiger partial charge in [-0.3, -0.25) is 4.79 Å². The summed E-state index contributed by atoms with van der Waals surface area (Å²) in [4.78, 5) is 11.5. The highest BCUT2D eigenvalue weighted by atomic mass is 35.5. The molecule has 0 spiro atoms. The molecule has 0 saturated carbocycles. The van der Waals surface area contributed by atoms with Crippen LogP contribution in [0.3, 0.4) is 0 Å². The summed E-state index contributed by atoms with van der Waals surface area (Å²) in [5.74, 6) is 0.395. The van der Waals surface area contributed by atoms with Crippen molar-refractivity contribution in [3.8, 4) is 5.75 Å². The molecule has 0 aromatic heterocycles. The van der Waals surface area contributed by atoms with Gasteiger partial charge >= 0.3 is 5.97 Å². The van der Waals surface area contributed by atoms with E-state index in [1.165, 1.54) is 7.11 Å². The van der Waals surface area contributed by atoms with Crippen LogP contribution in [0.5, 0.6) is 5.75 Å². The summed E-state index contributed by atoms with van der Waals surface area (Å²) in [6, 6.07) is 5.42. The minimum absolute atomic E-state index is 0.251. The van der Waals surface area contributed by atoms with E-state index in [1.807, 2.05) is 13.0 Å². The van der Waals surface area contributed by atoms with Crippen LogP contribution in [-0.4, -0.2) is 19.7 Å². The van der Waals surface area contributed by atoms with Gasteiger partial charge in [0.1, 0.15) is 12.4 Å². The fraction of sp³-hybridized carbons (Fsp3) is 0.462. The van der Waals surface area contributed by atoms with E-state index >= 15 is 0 Å². The molecule has 0 aliphatic carbocycles. The van der Waals surface area contributed by atoms with Gasteiger partial charge in [0, 0.05) is 5.02 Å². The zero-order chi connectivity index (χ0) is 13.1. The summed E-state index contributed by atoms with van der Waals surface area (Å²) in [6.45, 7) is 5.73. The highest BCUT2D eigenvalue weighted by molar-refractivity contribution is 6.30. The van der Waals surface area contributed by atoms with Crippen LogP contribution in [0.1, 0.15) is 19.4 Å². The first-order valence-corrected chi connectivity index (χ1v) is 5.72. The number of hydrogen-bond donors (Lipinski definition) is 0. The van der Waals surface area contributed by atoms with Gasteiger partial charge in [-0.15, -0.1) is 0 Å². The maximum absolute atomic E-state index is 11.5. The lowest BCUT2D eigenvalue weighted by molar-refractivity contribution is -0.152. The minimum atomic E-state index is -0.677. The van der Waals surface area contributed by atoms with E-state index in [0.29, 0.717) is 10.8 Å². The van der Waals surface area contributed by atoms with E-state index in [0.717, 1.165) is 5.56 Å². The summed E-state index contributed by atoms with van der Waals surface area (Å²) >= 11 is 5.89. The average Bonchev–Trinajstić information content (AvgIpc) is 2.29. The van der Waals surface area contributed by atoms with E-state index < -0.39 is 5.41 Å². The molecule has 94 valence electrons. The van der Waals surface area contributed by atoms with Crippen molar-refractivity contribution in [2.75, 3.05) is 13.7 Å². The van der Waals surface area contributed by atoms with Gasteiger partial charge in [0.05, 0.1) is 12.5 Å². The molecule has 0 aliphatic heterocycles. The molecule has 0 fully saturated rings. The van der Waals surface area contributed by atoms with Gasteiger partial charge in [-0.1, -0.05) is 17.7 Å². The molecule has 0 bridgehead atoms. The van der Waals surface area contributed by atoms with Crippen LogP contribution in [0.25, 0.3) is 0 Å². The molecule has 0 atom stereocenters. The Hall–Kier alpha value is -1.22. The number of rotatable bonds is 4. The van der Waals surface area contributed by atoms with E-state index in [4.69, 9.17) is 21.1 Å². The Labute approximate surface area is 107 Å². The normalized spacial score (nSPS) is 11.1. The Kier molecular flexibility index (Phi) is 4.40. The van der Waals surface area contributed by atoms with Crippen LogP contribution in [0.15, 0.2) is 18.2 Å². The third-order valence-electron chi connectivity index (χ3n) is 2.48. The maximum atomic E-state index is 11.5. The maximum Gasteiger partial charge on any atom is 0.314 e. The van der Waals surface area contributed by atoms with Crippen LogP contribution in [0.4, 0.5) is 0 Å². The van der Waals surface area contributed by atoms with Gasteiger partial charge in [0.15, 0.2) is 0 Å². The number of ether oxygens (including phenoxy) is 2. The van der Waals surface area contributed by atoms with E-state index in [-0.39, 0.29) is 12.6 Å². The predicted octanol–water partition coefficient (Wildman–Crippen LogP) is 3.23. The molecule has 0 radical (unpaired) electrons. The molecule has 1 aromatic carbocycles. The summed E-state index contributed by atoms with van der Waals surface area (Å²) in [6.07, 6.45) is 0. The molecule has 0 saturated heterocycles. The van der Waals surface area contributed by atoms with Crippen molar-refractivity contribution >= 4 is 17.6 Å². The highest BCUT2D eigenvalue weighted by Crippen LogP contribution is 2.25. The molecule has 0 aliphatic rings. The zero-order valence-corrected chi connectivity index (χ0v) is 11.3. The fourth-order valence-corrected chi connectivity index (χ4v) is 1.48. The Bertz CT molecular complexity index is 413. The standard InChI is InChI=1S/C13H17ClO3/c1-9-5-6-10(14)7-11(9)17-8-13(2,3)12(15)16-4/h5-7H,8H2,1-4H3. The van der Waals surface area contributed by atoms with Gasteiger partial charge < -0.3 is 9.47 Å². The molecule has 1 rings (SSSR count). The molecule has 0 N–H and O–H groups in total. The number of halogens is 1. The summed E-state index contributed by atoms with van der Waals surface area (Å²) in [5.41, 5.74) is 0.304. The van der Waals surface area contributed by atoms with Crippen LogP contribution in [0.2, 0.25) is 5.02 Å². The minimum Gasteiger partial charge on any atom is -0.492 e. The quantitative estimate of drug-likeness (QED) is 0.776. The molecule has 1 aromatic rings. The third kappa shape index (κ3) is 3.63. The van der Waals surface area contributed by atoms with Crippen LogP contribution < -0.4 is 4.74 Å². The summed E-state index contributed by atoms with van der Waals surface area (Å²) in [7, 11) is 1.37.